The summed E-state index contributed by atoms with van der Waals surface area (Å²) in [5.41, 5.74) is 0. The molecule has 0 aromatic heterocycles. The third kappa shape index (κ3) is 22.5. The van der Waals surface area contributed by atoms with E-state index in [9.17, 15) is 28.8 Å². The predicted octanol–water partition coefficient (Wildman–Crippen LogP) is 1.97. The fourth-order valence-electron chi connectivity index (χ4n) is 3.14. The van der Waals surface area contributed by atoms with Crippen LogP contribution < -0.4 is 0 Å². The van der Waals surface area contributed by atoms with Gasteiger partial charge in [0.05, 0.1) is 6.61 Å². The molecule has 0 aliphatic rings. The molecule has 0 radical (unpaired) electrons. The van der Waals surface area contributed by atoms with E-state index in [0.717, 1.165) is 12.5 Å². The number of hydrogen-bond acceptors (Lipinski definition) is 11. The quantitative estimate of drug-likeness (QED) is 0.0686. The molecule has 37 heavy (non-hydrogen) atoms. The zero-order valence-electron chi connectivity index (χ0n) is 23.1. The van der Waals surface area contributed by atoms with Gasteiger partial charge in [-0.3, -0.25) is 33.7 Å². The van der Waals surface area contributed by atoms with Gasteiger partial charge in [0.2, 0.25) is 0 Å². The van der Waals surface area contributed by atoms with Crippen LogP contribution in [0.1, 0.15) is 46.5 Å². The van der Waals surface area contributed by atoms with Crippen molar-refractivity contribution >= 4 is 43.3 Å². The molecule has 0 aromatic carbocycles. The van der Waals surface area contributed by atoms with Crippen molar-refractivity contribution in [3.8, 4) is 0 Å². The second-order valence-corrected chi connectivity index (χ2v) is 15.9. The number of ether oxygens (including phenoxy) is 4. The van der Waals surface area contributed by atoms with Gasteiger partial charge >= 0.3 is 17.9 Å². The first-order valence-electron chi connectivity index (χ1n) is 12.5. The lowest BCUT2D eigenvalue weighted by atomic mass is 10.3. The van der Waals surface area contributed by atoms with E-state index >= 15 is 0 Å². The van der Waals surface area contributed by atoms with Crippen LogP contribution in [0.15, 0.2) is 0 Å². The Bertz CT molecular complexity index is 744. The summed E-state index contributed by atoms with van der Waals surface area (Å²) in [6.07, 6.45) is -0.874. The molecule has 1 unspecified atom stereocenters. The first-order valence-corrected chi connectivity index (χ1v) is 16.2. The zero-order valence-corrected chi connectivity index (χ0v) is 24.1. The summed E-state index contributed by atoms with van der Waals surface area (Å²) < 4.78 is 21.4. The molecule has 0 aliphatic carbocycles. The van der Waals surface area contributed by atoms with Gasteiger partial charge in [-0.1, -0.05) is 25.7 Å². The Kier molecular flexibility index (Phi) is 17.5. The van der Waals surface area contributed by atoms with Crippen LogP contribution in [0.25, 0.3) is 0 Å². The molecule has 0 bridgehead atoms. The molecule has 0 saturated carbocycles. The lowest BCUT2D eigenvalue weighted by molar-refractivity contribution is -0.154. The normalized spacial score (nSPS) is 12.1. The topological polar surface area (TPSA) is 143 Å². The predicted molar refractivity (Wildman–Crippen MR) is 138 cm³/mol. The van der Waals surface area contributed by atoms with Gasteiger partial charge < -0.3 is 18.9 Å². The summed E-state index contributed by atoms with van der Waals surface area (Å²) in [5.74, 6) is -2.95. The van der Waals surface area contributed by atoms with Gasteiger partial charge in [-0.25, -0.2) is 0 Å². The van der Waals surface area contributed by atoms with Crippen LogP contribution in [0.3, 0.4) is 0 Å². The Hall–Kier alpha value is -2.44. The minimum Gasteiger partial charge on any atom is -0.464 e. The van der Waals surface area contributed by atoms with E-state index in [-0.39, 0.29) is 76.1 Å². The van der Waals surface area contributed by atoms with Gasteiger partial charge in [-0.15, -0.1) is 0 Å². The van der Waals surface area contributed by atoms with Crippen LogP contribution in [0.5, 0.6) is 0 Å². The van der Waals surface area contributed by atoms with E-state index in [4.69, 9.17) is 18.9 Å². The second kappa shape index (κ2) is 18.7. The number of rotatable bonds is 21. The van der Waals surface area contributed by atoms with Gasteiger partial charge in [-0.2, -0.15) is 0 Å². The molecular formula is C25H43NO10Si. The minimum absolute atomic E-state index is 0.0430. The average molecular weight is 546 g/mol. The van der Waals surface area contributed by atoms with Crippen LogP contribution in [-0.2, 0) is 47.7 Å². The lowest BCUT2D eigenvalue weighted by Crippen LogP contribution is -2.41. The van der Waals surface area contributed by atoms with Crippen LogP contribution in [0.2, 0.25) is 25.7 Å². The Morgan fingerprint density at radius 1 is 0.703 bits per heavy atom. The summed E-state index contributed by atoms with van der Waals surface area (Å²) in [4.78, 5) is 70.8. The minimum atomic E-state index is -1.21. The standard InChI is InChI=1S/C25H43NO10Si/c1-19(27)14-23(30)34-11-8-26(9-12-35-24(31)15-20(2)28)17-22(36-25(32)16-21(3)29)18-33-10-7-13-37(4,5)6/h22H,7-18H2,1-6H3. The molecule has 0 N–H and O–H groups in total. The van der Waals surface area contributed by atoms with E-state index in [1.807, 2.05) is 0 Å². The molecule has 0 amide bonds. The van der Waals surface area contributed by atoms with Gasteiger partial charge in [0.1, 0.15) is 55.9 Å². The Balaban J connectivity index is 5.16. The third-order valence-corrected chi connectivity index (χ3v) is 6.65. The van der Waals surface area contributed by atoms with Crippen molar-refractivity contribution in [2.24, 2.45) is 0 Å². The third-order valence-electron chi connectivity index (χ3n) is 4.80. The second-order valence-electron chi connectivity index (χ2n) is 10.2. The van der Waals surface area contributed by atoms with E-state index in [1.165, 1.54) is 20.8 Å². The highest BCUT2D eigenvalue weighted by Gasteiger charge is 2.21. The molecule has 0 heterocycles. The van der Waals surface area contributed by atoms with Crippen LogP contribution in [-0.4, -0.2) is 100 Å². The molecule has 0 saturated heterocycles. The summed E-state index contributed by atoms with van der Waals surface area (Å²) >= 11 is 0. The van der Waals surface area contributed by atoms with E-state index in [1.54, 1.807) is 4.90 Å². The van der Waals surface area contributed by atoms with Crippen molar-refractivity contribution in [3.63, 3.8) is 0 Å². The number of carbonyl (C=O) groups is 6. The monoisotopic (exact) mass is 545 g/mol. The zero-order chi connectivity index (χ0) is 28.4. The first kappa shape index (κ1) is 34.6. The van der Waals surface area contributed by atoms with Crippen molar-refractivity contribution in [2.75, 3.05) is 46.1 Å². The highest BCUT2D eigenvalue weighted by molar-refractivity contribution is 6.76. The highest BCUT2D eigenvalue weighted by Crippen LogP contribution is 2.11. The van der Waals surface area contributed by atoms with Gasteiger partial charge in [0.25, 0.3) is 0 Å². The maximum Gasteiger partial charge on any atom is 0.313 e. The van der Waals surface area contributed by atoms with Gasteiger partial charge in [0.15, 0.2) is 0 Å². The number of esters is 3. The highest BCUT2D eigenvalue weighted by atomic mass is 28.3. The molecule has 12 heteroatoms. The lowest BCUT2D eigenvalue weighted by Gasteiger charge is -2.27. The van der Waals surface area contributed by atoms with Crippen LogP contribution in [0.4, 0.5) is 0 Å². The van der Waals surface area contributed by atoms with Crippen molar-refractivity contribution in [1.82, 2.24) is 4.90 Å². The summed E-state index contributed by atoms with van der Waals surface area (Å²) in [5, 5.41) is 0. The number of Topliss-reactive ketones (excluding diaryl/α,β-unsaturated/α-hetero) is 3. The Morgan fingerprint density at radius 3 is 1.59 bits per heavy atom. The summed E-state index contributed by atoms with van der Waals surface area (Å²) in [7, 11) is -1.21. The number of ketones is 3. The SMILES string of the molecule is CC(=O)CC(=O)OCCN(CCOC(=O)CC(C)=O)CC(COCCC[Si](C)(C)C)OC(=O)CC(C)=O. The fraction of sp³-hybridized carbons (Fsp3) is 0.760. The van der Waals surface area contributed by atoms with Crippen molar-refractivity contribution in [2.45, 2.75) is 78.2 Å². The van der Waals surface area contributed by atoms with Crippen LogP contribution >= 0.6 is 0 Å². The molecule has 0 fully saturated rings. The number of nitrogens with zero attached hydrogens (tertiary/aromatic N) is 1. The van der Waals surface area contributed by atoms with Crippen LogP contribution in [0, 0.1) is 0 Å². The van der Waals surface area contributed by atoms with Gasteiger partial charge in [0, 0.05) is 34.3 Å². The largest absolute Gasteiger partial charge is 0.464 e. The molecular weight excluding hydrogens is 502 g/mol. The molecule has 0 aromatic rings. The molecule has 1 atom stereocenters. The summed E-state index contributed by atoms with van der Waals surface area (Å²) in [6.45, 7) is 11.7. The Morgan fingerprint density at radius 2 is 1.16 bits per heavy atom. The van der Waals surface area contributed by atoms with Gasteiger partial charge in [-0.05, 0) is 27.2 Å². The van der Waals surface area contributed by atoms with Crippen molar-refractivity contribution in [1.29, 1.82) is 0 Å². The smallest absolute Gasteiger partial charge is 0.313 e. The maximum atomic E-state index is 12.2. The molecule has 0 spiro atoms. The summed E-state index contributed by atoms with van der Waals surface area (Å²) in [6, 6.07) is 1.09. The first-order chi connectivity index (χ1) is 17.2. The van der Waals surface area contributed by atoms with E-state index in [2.05, 4.69) is 19.6 Å². The number of hydrogen-bond donors (Lipinski definition) is 0. The van der Waals surface area contributed by atoms with Crippen molar-refractivity contribution < 1.29 is 47.7 Å². The average Bonchev–Trinajstić information content (AvgIpc) is 2.70. The number of carbonyl (C=O) groups excluding carboxylic acids is 6. The fourth-order valence-corrected chi connectivity index (χ4v) is 4.35. The molecule has 0 aliphatic heterocycles. The molecule has 0 rings (SSSR count). The maximum absolute atomic E-state index is 12.2. The van der Waals surface area contributed by atoms with E-state index < -0.39 is 32.1 Å². The molecule has 11 nitrogen and oxygen atoms in total. The Labute approximate surface area is 220 Å². The van der Waals surface area contributed by atoms with E-state index in [0.29, 0.717) is 6.61 Å². The van der Waals surface area contributed by atoms with Crippen molar-refractivity contribution in [3.05, 3.63) is 0 Å². The molecule has 212 valence electrons.